The van der Waals surface area contributed by atoms with Crippen LogP contribution in [0.15, 0.2) is 42.7 Å². The van der Waals surface area contributed by atoms with Gasteiger partial charge in [0.1, 0.15) is 6.61 Å². The molecule has 0 spiro atoms. The fourth-order valence-electron chi connectivity index (χ4n) is 1.63. The Kier molecular flexibility index (Phi) is 4.81. The van der Waals surface area contributed by atoms with Crippen LogP contribution in [0, 0.1) is 11.8 Å². The van der Waals surface area contributed by atoms with Crippen molar-refractivity contribution in [2.75, 3.05) is 6.61 Å². The number of aliphatic hydroxyl groups excluding tert-OH is 1. The highest BCUT2D eigenvalue weighted by molar-refractivity contribution is 5.93. The Balaban J connectivity index is 2.06. The number of nitrogens with zero attached hydrogens (tertiary/aromatic N) is 2. The van der Waals surface area contributed by atoms with E-state index < -0.39 is 0 Å². The van der Waals surface area contributed by atoms with E-state index in [1.165, 1.54) is 12.4 Å². The van der Waals surface area contributed by atoms with E-state index >= 15 is 0 Å². The van der Waals surface area contributed by atoms with E-state index in [0.29, 0.717) is 12.1 Å². The first kappa shape index (κ1) is 13.7. The lowest BCUT2D eigenvalue weighted by Gasteiger charge is -2.06. The van der Waals surface area contributed by atoms with Gasteiger partial charge in [0.2, 0.25) is 0 Å². The van der Waals surface area contributed by atoms with Gasteiger partial charge in [0.15, 0.2) is 0 Å². The van der Waals surface area contributed by atoms with E-state index in [4.69, 9.17) is 5.11 Å². The van der Waals surface area contributed by atoms with Crippen molar-refractivity contribution >= 4 is 5.91 Å². The van der Waals surface area contributed by atoms with Gasteiger partial charge in [-0.2, -0.15) is 10.2 Å². The van der Waals surface area contributed by atoms with Crippen LogP contribution in [-0.2, 0) is 6.54 Å². The van der Waals surface area contributed by atoms with Crippen LogP contribution >= 0.6 is 0 Å². The van der Waals surface area contributed by atoms with Gasteiger partial charge in [-0.05, 0) is 17.7 Å². The van der Waals surface area contributed by atoms with Crippen LogP contribution in [0.3, 0.4) is 0 Å². The van der Waals surface area contributed by atoms with Crippen molar-refractivity contribution in [3.05, 3.63) is 59.4 Å². The standard InChI is InChI=1S/C15H13N3O2/c19-9-3-6-12-4-1-2-5-13(12)10-16-15(20)14-7-8-17-18-11-14/h1-2,4-5,7-8,11,19H,9-10H2,(H,16,20). The molecule has 0 aliphatic carbocycles. The number of hydrogen-bond acceptors (Lipinski definition) is 4. The second-order valence-corrected chi connectivity index (χ2v) is 3.93. The minimum absolute atomic E-state index is 0.191. The molecule has 2 N–H and O–H groups in total. The molecule has 0 atom stereocenters. The Labute approximate surface area is 116 Å². The maximum absolute atomic E-state index is 11.9. The molecule has 1 heterocycles. The molecule has 2 aromatic rings. The Morgan fingerprint density at radius 2 is 2.10 bits per heavy atom. The summed E-state index contributed by atoms with van der Waals surface area (Å²) in [5.74, 6) is 5.23. The van der Waals surface area contributed by atoms with Crippen LogP contribution in [0.2, 0.25) is 0 Å². The predicted octanol–water partition coefficient (Wildman–Crippen LogP) is 0.750. The normalized spacial score (nSPS) is 9.45. The molecular weight excluding hydrogens is 254 g/mol. The summed E-state index contributed by atoms with van der Waals surface area (Å²) in [6.45, 7) is 0.167. The third-order valence-electron chi connectivity index (χ3n) is 2.61. The van der Waals surface area contributed by atoms with Crippen molar-refractivity contribution < 1.29 is 9.90 Å². The summed E-state index contributed by atoms with van der Waals surface area (Å²) in [7, 11) is 0. The van der Waals surface area contributed by atoms with E-state index in [9.17, 15) is 4.79 Å². The Bertz CT molecular complexity index is 645. The quantitative estimate of drug-likeness (QED) is 0.805. The number of benzene rings is 1. The number of nitrogens with one attached hydrogen (secondary N) is 1. The van der Waals surface area contributed by atoms with Crippen LogP contribution in [-0.4, -0.2) is 27.8 Å². The molecule has 0 fully saturated rings. The molecule has 1 aromatic carbocycles. The van der Waals surface area contributed by atoms with Gasteiger partial charge in [-0.25, -0.2) is 0 Å². The molecule has 20 heavy (non-hydrogen) atoms. The number of aromatic nitrogens is 2. The second-order valence-electron chi connectivity index (χ2n) is 3.93. The van der Waals surface area contributed by atoms with Gasteiger partial charge >= 0.3 is 0 Å². The molecular formula is C15H13N3O2. The van der Waals surface area contributed by atoms with Crippen LogP contribution in [0.1, 0.15) is 21.5 Å². The van der Waals surface area contributed by atoms with Crippen molar-refractivity contribution in [2.45, 2.75) is 6.54 Å². The number of carbonyl (C=O) groups is 1. The summed E-state index contributed by atoms with van der Waals surface area (Å²) in [5, 5.41) is 18.8. The first-order chi connectivity index (χ1) is 9.81. The van der Waals surface area contributed by atoms with Crippen LogP contribution in [0.5, 0.6) is 0 Å². The van der Waals surface area contributed by atoms with Gasteiger partial charge < -0.3 is 10.4 Å². The molecule has 0 saturated heterocycles. The van der Waals surface area contributed by atoms with Crippen molar-refractivity contribution in [3.8, 4) is 11.8 Å². The topological polar surface area (TPSA) is 75.1 Å². The Morgan fingerprint density at radius 3 is 2.85 bits per heavy atom. The van der Waals surface area contributed by atoms with Gasteiger partial charge in [-0.15, -0.1) is 0 Å². The summed E-state index contributed by atoms with van der Waals surface area (Å²) < 4.78 is 0. The zero-order valence-corrected chi connectivity index (χ0v) is 10.7. The van der Waals surface area contributed by atoms with Crippen LogP contribution in [0.4, 0.5) is 0 Å². The van der Waals surface area contributed by atoms with Gasteiger partial charge in [0.05, 0.1) is 18.0 Å². The Hall–Kier alpha value is -2.71. The van der Waals surface area contributed by atoms with E-state index in [0.717, 1.165) is 11.1 Å². The van der Waals surface area contributed by atoms with Crippen molar-refractivity contribution in [1.82, 2.24) is 15.5 Å². The minimum atomic E-state index is -0.218. The highest BCUT2D eigenvalue weighted by Crippen LogP contribution is 2.07. The summed E-state index contributed by atoms with van der Waals surface area (Å²) in [6, 6.07) is 9.06. The zero-order chi connectivity index (χ0) is 14.2. The molecule has 1 aromatic heterocycles. The van der Waals surface area contributed by atoms with Crippen molar-refractivity contribution in [1.29, 1.82) is 0 Å². The zero-order valence-electron chi connectivity index (χ0n) is 10.7. The average molecular weight is 267 g/mol. The Morgan fingerprint density at radius 1 is 1.25 bits per heavy atom. The number of aliphatic hydroxyl groups is 1. The minimum Gasteiger partial charge on any atom is -0.384 e. The number of carbonyl (C=O) groups excluding carboxylic acids is 1. The van der Waals surface area contributed by atoms with Gasteiger partial charge in [0.25, 0.3) is 5.91 Å². The fourth-order valence-corrected chi connectivity index (χ4v) is 1.63. The summed E-state index contributed by atoms with van der Waals surface area (Å²) in [4.78, 5) is 11.9. The maximum Gasteiger partial charge on any atom is 0.253 e. The van der Waals surface area contributed by atoms with E-state index in [2.05, 4.69) is 27.4 Å². The lowest BCUT2D eigenvalue weighted by atomic mass is 10.1. The third-order valence-corrected chi connectivity index (χ3v) is 2.61. The summed E-state index contributed by atoms with van der Waals surface area (Å²) in [6.07, 6.45) is 2.88. The lowest BCUT2D eigenvalue weighted by molar-refractivity contribution is 0.0950. The molecule has 0 aliphatic rings. The largest absolute Gasteiger partial charge is 0.384 e. The molecule has 5 heteroatoms. The SMILES string of the molecule is O=C(NCc1ccccc1C#CCO)c1ccnnc1. The molecule has 5 nitrogen and oxygen atoms in total. The smallest absolute Gasteiger partial charge is 0.253 e. The monoisotopic (exact) mass is 267 g/mol. The first-order valence-corrected chi connectivity index (χ1v) is 6.04. The van der Waals surface area contributed by atoms with Gasteiger partial charge in [0, 0.05) is 12.1 Å². The molecule has 0 bridgehead atoms. The molecule has 0 saturated carbocycles. The molecule has 100 valence electrons. The first-order valence-electron chi connectivity index (χ1n) is 6.04. The lowest BCUT2D eigenvalue weighted by Crippen LogP contribution is -2.23. The van der Waals surface area contributed by atoms with E-state index in [1.54, 1.807) is 6.07 Å². The number of hydrogen-bond donors (Lipinski definition) is 2. The molecule has 0 radical (unpaired) electrons. The third kappa shape index (κ3) is 3.64. The summed E-state index contributed by atoms with van der Waals surface area (Å²) in [5.41, 5.74) is 2.14. The summed E-state index contributed by atoms with van der Waals surface area (Å²) >= 11 is 0. The highest BCUT2D eigenvalue weighted by Gasteiger charge is 2.06. The molecule has 1 amide bonds. The molecule has 0 aliphatic heterocycles. The van der Waals surface area contributed by atoms with Gasteiger partial charge in [-0.3, -0.25) is 4.79 Å². The van der Waals surface area contributed by atoms with Crippen LogP contribution < -0.4 is 5.32 Å². The van der Waals surface area contributed by atoms with E-state index in [1.807, 2.05) is 24.3 Å². The maximum atomic E-state index is 11.9. The predicted molar refractivity (Wildman–Crippen MR) is 73.6 cm³/mol. The van der Waals surface area contributed by atoms with Crippen LogP contribution in [0.25, 0.3) is 0 Å². The molecule has 2 rings (SSSR count). The van der Waals surface area contributed by atoms with Gasteiger partial charge in [-0.1, -0.05) is 30.0 Å². The molecule has 0 unspecified atom stereocenters. The van der Waals surface area contributed by atoms with E-state index in [-0.39, 0.29) is 12.5 Å². The fraction of sp³-hybridized carbons (Fsp3) is 0.133. The van der Waals surface area contributed by atoms with Crippen molar-refractivity contribution in [3.63, 3.8) is 0 Å². The van der Waals surface area contributed by atoms with Crippen molar-refractivity contribution in [2.24, 2.45) is 0 Å². The number of rotatable bonds is 3. The average Bonchev–Trinajstić information content (AvgIpc) is 2.52. The second kappa shape index (κ2) is 7.02. The highest BCUT2D eigenvalue weighted by atomic mass is 16.2. The number of amides is 1.